The molecule has 1 amide bonds. The van der Waals surface area contributed by atoms with E-state index in [1.165, 1.54) is 18.3 Å². The monoisotopic (exact) mass is 433 g/mol. The standard InChI is InChI=1S/C19H13Cl2N3O5/c20-13-3-1-2-12(8-13)17-7-5-15(29-17)10-22-23-19(25)11-28-18-6-4-14(21)9-16(18)24(26)27/h1-10H,11H2,(H,23,25). The summed E-state index contributed by atoms with van der Waals surface area (Å²) < 4.78 is 10.8. The molecule has 0 saturated carbocycles. The Morgan fingerprint density at radius 3 is 2.72 bits per heavy atom. The lowest BCUT2D eigenvalue weighted by atomic mass is 10.2. The fourth-order valence-corrected chi connectivity index (χ4v) is 2.67. The first kappa shape index (κ1) is 20.4. The summed E-state index contributed by atoms with van der Waals surface area (Å²) in [5.41, 5.74) is 2.72. The second kappa shape index (κ2) is 9.22. The number of hydrazone groups is 1. The highest BCUT2D eigenvalue weighted by molar-refractivity contribution is 6.31. The van der Waals surface area contributed by atoms with E-state index in [9.17, 15) is 14.9 Å². The molecule has 10 heteroatoms. The molecule has 1 aromatic heterocycles. The van der Waals surface area contributed by atoms with Crippen LogP contribution in [0.5, 0.6) is 5.75 Å². The fourth-order valence-electron chi connectivity index (χ4n) is 2.32. The lowest BCUT2D eigenvalue weighted by Crippen LogP contribution is -2.24. The summed E-state index contributed by atoms with van der Waals surface area (Å²) in [5.74, 6) is 0.330. The first-order chi connectivity index (χ1) is 13.9. The molecule has 0 saturated heterocycles. The van der Waals surface area contributed by atoms with E-state index in [4.69, 9.17) is 32.4 Å². The van der Waals surface area contributed by atoms with Crippen molar-refractivity contribution in [2.75, 3.05) is 6.61 Å². The Kier molecular flexibility index (Phi) is 6.48. The van der Waals surface area contributed by atoms with Crippen molar-refractivity contribution in [1.82, 2.24) is 5.43 Å². The minimum absolute atomic E-state index is 0.0734. The highest BCUT2D eigenvalue weighted by Gasteiger charge is 2.16. The summed E-state index contributed by atoms with van der Waals surface area (Å²) in [6.45, 7) is -0.467. The summed E-state index contributed by atoms with van der Waals surface area (Å²) in [6.07, 6.45) is 1.32. The average molecular weight is 434 g/mol. The second-order valence-corrected chi connectivity index (χ2v) is 6.54. The van der Waals surface area contributed by atoms with E-state index in [1.807, 2.05) is 6.07 Å². The topological polar surface area (TPSA) is 107 Å². The van der Waals surface area contributed by atoms with Crippen molar-refractivity contribution in [2.45, 2.75) is 0 Å². The van der Waals surface area contributed by atoms with Crippen molar-refractivity contribution in [3.05, 3.63) is 80.5 Å². The smallest absolute Gasteiger partial charge is 0.312 e. The number of hydrogen-bond donors (Lipinski definition) is 1. The zero-order chi connectivity index (χ0) is 20.8. The molecule has 0 spiro atoms. The van der Waals surface area contributed by atoms with Gasteiger partial charge in [0.25, 0.3) is 5.91 Å². The molecular formula is C19H13Cl2N3O5. The van der Waals surface area contributed by atoms with Crippen LogP contribution in [0.2, 0.25) is 10.0 Å². The normalized spacial score (nSPS) is 10.8. The number of nitro benzene ring substituents is 1. The van der Waals surface area contributed by atoms with Crippen molar-refractivity contribution in [3.8, 4) is 17.1 Å². The van der Waals surface area contributed by atoms with E-state index in [-0.39, 0.29) is 16.5 Å². The van der Waals surface area contributed by atoms with Gasteiger partial charge in [-0.25, -0.2) is 5.43 Å². The molecule has 29 heavy (non-hydrogen) atoms. The molecule has 0 radical (unpaired) electrons. The highest BCUT2D eigenvalue weighted by atomic mass is 35.5. The van der Waals surface area contributed by atoms with E-state index in [2.05, 4.69) is 10.5 Å². The maximum atomic E-state index is 11.8. The molecular weight excluding hydrogens is 421 g/mol. The number of furan rings is 1. The summed E-state index contributed by atoms with van der Waals surface area (Å²) >= 11 is 11.7. The quantitative estimate of drug-likeness (QED) is 0.330. The molecule has 2 aromatic carbocycles. The fraction of sp³-hybridized carbons (Fsp3) is 0.0526. The largest absolute Gasteiger partial charge is 0.477 e. The Bertz CT molecular complexity index is 1080. The molecule has 0 fully saturated rings. The molecule has 0 aliphatic rings. The third-order valence-corrected chi connectivity index (χ3v) is 4.06. The number of rotatable bonds is 7. The van der Waals surface area contributed by atoms with Crippen molar-refractivity contribution < 1.29 is 18.9 Å². The van der Waals surface area contributed by atoms with Gasteiger partial charge in [-0.05, 0) is 36.4 Å². The molecule has 148 valence electrons. The molecule has 0 atom stereocenters. The van der Waals surface area contributed by atoms with Crippen LogP contribution in [0.15, 0.2) is 64.1 Å². The summed E-state index contributed by atoms with van der Waals surface area (Å²) in [6, 6.07) is 14.5. The van der Waals surface area contributed by atoms with Gasteiger partial charge in [0.2, 0.25) is 0 Å². The van der Waals surface area contributed by atoms with Crippen LogP contribution < -0.4 is 10.2 Å². The number of nitrogens with one attached hydrogen (secondary N) is 1. The van der Waals surface area contributed by atoms with Gasteiger partial charge in [0.05, 0.1) is 11.1 Å². The van der Waals surface area contributed by atoms with Crippen LogP contribution in [0.1, 0.15) is 5.76 Å². The van der Waals surface area contributed by atoms with Gasteiger partial charge in [0, 0.05) is 21.7 Å². The first-order valence-corrected chi connectivity index (χ1v) is 8.92. The number of nitro groups is 1. The summed E-state index contributed by atoms with van der Waals surface area (Å²) in [4.78, 5) is 22.2. The van der Waals surface area contributed by atoms with E-state index < -0.39 is 17.4 Å². The number of halogens is 2. The maximum absolute atomic E-state index is 11.8. The van der Waals surface area contributed by atoms with Crippen molar-refractivity contribution in [2.24, 2.45) is 5.10 Å². The van der Waals surface area contributed by atoms with Crippen molar-refractivity contribution in [1.29, 1.82) is 0 Å². The molecule has 0 bridgehead atoms. The number of hydrogen-bond acceptors (Lipinski definition) is 6. The van der Waals surface area contributed by atoms with Gasteiger partial charge in [-0.3, -0.25) is 14.9 Å². The zero-order valence-corrected chi connectivity index (χ0v) is 16.2. The van der Waals surface area contributed by atoms with Gasteiger partial charge in [-0.1, -0.05) is 35.3 Å². The number of ether oxygens (including phenoxy) is 1. The molecule has 0 unspecified atom stereocenters. The van der Waals surface area contributed by atoms with Gasteiger partial charge >= 0.3 is 5.69 Å². The van der Waals surface area contributed by atoms with Crippen LogP contribution >= 0.6 is 23.2 Å². The lowest BCUT2D eigenvalue weighted by molar-refractivity contribution is -0.385. The van der Waals surface area contributed by atoms with E-state index in [0.717, 1.165) is 11.6 Å². The first-order valence-electron chi connectivity index (χ1n) is 8.17. The van der Waals surface area contributed by atoms with Crippen LogP contribution in [0, 0.1) is 10.1 Å². The van der Waals surface area contributed by atoms with E-state index in [0.29, 0.717) is 16.5 Å². The molecule has 0 aliphatic heterocycles. The number of amides is 1. The van der Waals surface area contributed by atoms with Crippen LogP contribution in [0.25, 0.3) is 11.3 Å². The SMILES string of the molecule is O=C(COc1ccc(Cl)cc1[N+](=O)[O-])NN=Cc1ccc(-c2cccc(Cl)c2)o1. The van der Waals surface area contributed by atoms with Gasteiger partial charge in [-0.2, -0.15) is 5.10 Å². The Hall–Kier alpha value is -3.36. The van der Waals surface area contributed by atoms with E-state index in [1.54, 1.807) is 30.3 Å². The van der Waals surface area contributed by atoms with E-state index >= 15 is 0 Å². The van der Waals surface area contributed by atoms with Gasteiger partial charge in [-0.15, -0.1) is 0 Å². The van der Waals surface area contributed by atoms with Crippen LogP contribution in [-0.4, -0.2) is 23.7 Å². The van der Waals surface area contributed by atoms with Gasteiger partial charge in [0.1, 0.15) is 11.5 Å². The molecule has 1 N–H and O–H groups in total. The number of carbonyl (C=O) groups excluding carboxylic acids is 1. The Balaban J connectivity index is 1.55. The van der Waals surface area contributed by atoms with Crippen molar-refractivity contribution in [3.63, 3.8) is 0 Å². The van der Waals surface area contributed by atoms with Gasteiger partial charge < -0.3 is 9.15 Å². The van der Waals surface area contributed by atoms with Crippen molar-refractivity contribution >= 4 is 41.0 Å². The zero-order valence-electron chi connectivity index (χ0n) is 14.7. The minimum atomic E-state index is -0.647. The number of benzene rings is 2. The van der Waals surface area contributed by atoms with Crippen LogP contribution in [0.3, 0.4) is 0 Å². The Morgan fingerprint density at radius 1 is 1.17 bits per heavy atom. The third-order valence-electron chi connectivity index (χ3n) is 3.59. The number of carbonyl (C=O) groups is 1. The molecule has 1 heterocycles. The summed E-state index contributed by atoms with van der Waals surface area (Å²) in [7, 11) is 0. The highest BCUT2D eigenvalue weighted by Crippen LogP contribution is 2.29. The second-order valence-electron chi connectivity index (χ2n) is 5.66. The average Bonchev–Trinajstić information content (AvgIpc) is 3.16. The number of nitrogens with zero attached hydrogens (tertiary/aromatic N) is 2. The van der Waals surface area contributed by atoms with Crippen LogP contribution in [-0.2, 0) is 4.79 Å². The lowest BCUT2D eigenvalue weighted by Gasteiger charge is -2.05. The third kappa shape index (κ3) is 5.56. The molecule has 3 rings (SSSR count). The predicted octanol–water partition coefficient (Wildman–Crippen LogP) is 4.69. The van der Waals surface area contributed by atoms with Crippen LogP contribution in [0.4, 0.5) is 5.69 Å². The predicted molar refractivity (Wildman–Crippen MR) is 108 cm³/mol. The molecule has 3 aromatic rings. The minimum Gasteiger partial charge on any atom is -0.477 e. The Labute approximate surface area is 174 Å². The summed E-state index contributed by atoms with van der Waals surface area (Å²) in [5, 5.41) is 15.5. The Morgan fingerprint density at radius 2 is 1.97 bits per heavy atom. The van der Waals surface area contributed by atoms with Gasteiger partial charge in [0.15, 0.2) is 12.4 Å². The molecule has 0 aliphatic carbocycles. The molecule has 8 nitrogen and oxygen atoms in total. The maximum Gasteiger partial charge on any atom is 0.312 e.